The molecule has 1 saturated heterocycles. The lowest BCUT2D eigenvalue weighted by atomic mass is 9.78. The van der Waals surface area contributed by atoms with Crippen LogP contribution in [0.15, 0.2) is 0 Å². The van der Waals surface area contributed by atoms with Gasteiger partial charge in [-0.1, -0.05) is 6.92 Å². The van der Waals surface area contributed by atoms with Gasteiger partial charge in [0.05, 0.1) is 0 Å². The molecule has 2 fully saturated rings. The highest BCUT2D eigenvalue weighted by Gasteiger charge is 2.35. The fraction of sp³-hybridized carbons (Fsp3) is 0.917. The molecule has 2 rings (SSSR count). The molecular weight excluding hydrogens is 174 g/mol. The van der Waals surface area contributed by atoms with E-state index in [1.165, 1.54) is 32.4 Å². The Kier molecular flexibility index (Phi) is 3.22. The Hall–Kier alpha value is -0.370. The molecule has 0 radical (unpaired) electrons. The number of likely N-dealkylation sites (tertiary alicyclic amines) is 1. The summed E-state index contributed by atoms with van der Waals surface area (Å²) in [6.07, 6.45) is 6.76. The Balaban J connectivity index is 2.00. The molecule has 1 aliphatic heterocycles. The van der Waals surface area contributed by atoms with Gasteiger partial charge in [-0.3, -0.25) is 9.69 Å². The first-order valence-corrected chi connectivity index (χ1v) is 6.07. The number of hydrogen-bond donors (Lipinski definition) is 0. The molecule has 14 heavy (non-hydrogen) atoms. The fourth-order valence-electron chi connectivity index (χ4n) is 3.09. The molecule has 1 saturated carbocycles. The lowest BCUT2D eigenvalue weighted by Gasteiger charge is -2.43. The normalized spacial score (nSPS) is 34.2. The third-order valence-corrected chi connectivity index (χ3v) is 3.78. The summed E-state index contributed by atoms with van der Waals surface area (Å²) in [5.41, 5.74) is 0. The molecular formula is C12H21NO. The lowest BCUT2D eigenvalue weighted by molar-refractivity contribution is -0.124. The first-order chi connectivity index (χ1) is 6.81. The van der Waals surface area contributed by atoms with E-state index in [2.05, 4.69) is 11.8 Å². The fourth-order valence-corrected chi connectivity index (χ4v) is 3.09. The molecule has 1 aliphatic carbocycles. The second-order valence-corrected chi connectivity index (χ2v) is 4.79. The Morgan fingerprint density at radius 2 is 2.29 bits per heavy atom. The number of nitrogens with zero attached hydrogens (tertiary/aromatic N) is 1. The van der Waals surface area contributed by atoms with Crippen LogP contribution in [0.5, 0.6) is 0 Å². The summed E-state index contributed by atoms with van der Waals surface area (Å²) in [5.74, 6) is 1.32. The Morgan fingerprint density at radius 1 is 1.43 bits per heavy atom. The van der Waals surface area contributed by atoms with E-state index in [0.717, 1.165) is 25.2 Å². The molecule has 0 bridgehead atoms. The first-order valence-electron chi connectivity index (χ1n) is 6.07. The van der Waals surface area contributed by atoms with Crippen LogP contribution in [0.1, 0.15) is 45.4 Å². The zero-order valence-corrected chi connectivity index (χ0v) is 9.17. The highest BCUT2D eigenvalue weighted by Crippen LogP contribution is 2.33. The number of carbonyl (C=O) groups is 1. The molecule has 0 aromatic carbocycles. The molecule has 2 nitrogen and oxygen atoms in total. The van der Waals surface area contributed by atoms with Gasteiger partial charge in [0.25, 0.3) is 0 Å². The van der Waals surface area contributed by atoms with Gasteiger partial charge in [-0.05, 0) is 44.7 Å². The third kappa shape index (κ3) is 2.00. The van der Waals surface area contributed by atoms with Crippen molar-refractivity contribution in [2.24, 2.45) is 5.92 Å². The maximum absolute atomic E-state index is 11.4. The minimum atomic E-state index is 0.495. The minimum absolute atomic E-state index is 0.495. The zero-order chi connectivity index (χ0) is 9.97. The SMILES string of the molecule is CCCN1CCC[C@@H]2CCC(=O)C[C@@H]21. The van der Waals surface area contributed by atoms with Gasteiger partial charge < -0.3 is 0 Å². The van der Waals surface area contributed by atoms with E-state index in [0.29, 0.717) is 11.8 Å². The zero-order valence-electron chi connectivity index (χ0n) is 9.17. The Labute approximate surface area is 86.7 Å². The maximum atomic E-state index is 11.4. The van der Waals surface area contributed by atoms with Gasteiger partial charge in [0.15, 0.2) is 0 Å². The van der Waals surface area contributed by atoms with Crippen LogP contribution in [0.4, 0.5) is 0 Å². The van der Waals surface area contributed by atoms with Crippen molar-refractivity contribution in [2.45, 2.75) is 51.5 Å². The quantitative estimate of drug-likeness (QED) is 0.673. The predicted octanol–water partition coefficient (Wildman–Crippen LogP) is 2.23. The van der Waals surface area contributed by atoms with Crippen LogP contribution >= 0.6 is 0 Å². The molecule has 80 valence electrons. The van der Waals surface area contributed by atoms with Crippen molar-refractivity contribution in [2.75, 3.05) is 13.1 Å². The maximum Gasteiger partial charge on any atom is 0.134 e. The summed E-state index contributed by atoms with van der Waals surface area (Å²) in [7, 11) is 0. The smallest absolute Gasteiger partial charge is 0.134 e. The van der Waals surface area contributed by atoms with Crippen LogP contribution in [-0.2, 0) is 4.79 Å². The topological polar surface area (TPSA) is 20.3 Å². The van der Waals surface area contributed by atoms with Crippen LogP contribution < -0.4 is 0 Å². The van der Waals surface area contributed by atoms with Gasteiger partial charge >= 0.3 is 0 Å². The highest BCUT2D eigenvalue weighted by atomic mass is 16.1. The summed E-state index contributed by atoms with van der Waals surface area (Å²) < 4.78 is 0. The number of carbonyl (C=O) groups excluding carboxylic acids is 1. The standard InChI is InChI=1S/C12H21NO/c1-2-7-13-8-3-4-10-5-6-11(14)9-12(10)13/h10,12H,2-9H2,1H3/t10-,12+/m1/s1. The number of piperidine rings is 1. The molecule has 0 unspecified atom stereocenters. The number of ketones is 1. The van der Waals surface area contributed by atoms with Gasteiger partial charge in [0.1, 0.15) is 5.78 Å². The minimum Gasteiger partial charge on any atom is -0.300 e. The third-order valence-electron chi connectivity index (χ3n) is 3.78. The summed E-state index contributed by atoms with van der Waals surface area (Å²) in [6.45, 7) is 4.64. The van der Waals surface area contributed by atoms with Crippen molar-refractivity contribution in [3.63, 3.8) is 0 Å². The van der Waals surface area contributed by atoms with Crippen LogP contribution in [-0.4, -0.2) is 29.8 Å². The summed E-state index contributed by atoms with van der Waals surface area (Å²) in [5, 5.41) is 0. The van der Waals surface area contributed by atoms with Gasteiger partial charge in [-0.25, -0.2) is 0 Å². The van der Waals surface area contributed by atoms with Crippen molar-refractivity contribution < 1.29 is 4.79 Å². The Bertz CT molecular complexity index is 212. The van der Waals surface area contributed by atoms with E-state index in [9.17, 15) is 4.79 Å². The molecule has 2 aliphatic rings. The first kappa shape index (κ1) is 10.2. The van der Waals surface area contributed by atoms with E-state index in [-0.39, 0.29) is 0 Å². The molecule has 0 aromatic heterocycles. The van der Waals surface area contributed by atoms with Crippen LogP contribution in [0.25, 0.3) is 0 Å². The second kappa shape index (κ2) is 4.43. The second-order valence-electron chi connectivity index (χ2n) is 4.79. The molecule has 0 spiro atoms. The number of Topliss-reactive ketones (excluding diaryl/α,β-unsaturated/α-hetero) is 1. The van der Waals surface area contributed by atoms with Crippen molar-refractivity contribution in [1.29, 1.82) is 0 Å². The average molecular weight is 195 g/mol. The molecule has 1 heterocycles. The van der Waals surface area contributed by atoms with E-state index >= 15 is 0 Å². The summed E-state index contributed by atoms with van der Waals surface area (Å²) in [6, 6.07) is 0.602. The van der Waals surface area contributed by atoms with Gasteiger partial charge in [-0.15, -0.1) is 0 Å². The van der Waals surface area contributed by atoms with Crippen LogP contribution in [0.2, 0.25) is 0 Å². The highest BCUT2D eigenvalue weighted by molar-refractivity contribution is 5.79. The summed E-state index contributed by atoms with van der Waals surface area (Å²) in [4.78, 5) is 14.0. The van der Waals surface area contributed by atoms with Gasteiger partial charge in [0, 0.05) is 18.9 Å². The van der Waals surface area contributed by atoms with Crippen LogP contribution in [0.3, 0.4) is 0 Å². The number of fused-ring (bicyclic) bond motifs is 1. The molecule has 0 amide bonds. The van der Waals surface area contributed by atoms with Crippen molar-refractivity contribution in [1.82, 2.24) is 4.90 Å². The van der Waals surface area contributed by atoms with Crippen molar-refractivity contribution in [3.8, 4) is 0 Å². The molecule has 2 atom stereocenters. The van der Waals surface area contributed by atoms with E-state index in [1.807, 2.05) is 0 Å². The van der Waals surface area contributed by atoms with Crippen molar-refractivity contribution >= 4 is 5.78 Å². The lowest BCUT2D eigenvalue weighted by Crippen LogP contribution is -2.48. The largest absolute Gasteiger partial charge is 0.300 e. The summed E-state index contributed by atoms with van der Waals surface area (Å²) >= 11 is 0. The monoisotopic (exact) mass is 195 g/mol. The molecule has 2 heteroatoms. The molecule has 0 aromatic rings. The van der Waals surface area contributed by atoms with E-state index in [1.54, 1.807) is 0 Å². The average Bonchev–Trinajstić information content (AvgIpc) is 2.19. The van der Waals surface area contributed by atoms with Gasteiger partial charge in [-0.2, -0.15) is 0 Å². The van der Waals surface area contributed by atoms with E-state index < -0.39 is 0 Å². The van der Waals surface area contributed by atoms with Crippen molar-refractivity contribution in [3.05, 3.63) is 0 Å². The molecule has 0 N–H and O–H groups in total. The van der Waals surface area contributed by atoms with E-state index in [4.69, 9.17) is 0 Å². The number of hydrogen-bond acceptors (Lipinski definition) is 2. The van der Waals surface area contributed by atoms with Crippen LogP contribution in [0, 0.1) is 5.92 Å². The number of rotatable bonds is 2. The Morgan fingerprint density at radius 3 is 3.07 bits per heavy atom. The van der Waals surface area contributed by atoms with Gasteiger partial charge in [0.2, 0.25) is 0 Å². The predicted molar refractivity (Wildman–Crippen MR) is 57.2 cm³/mol.